The number of rotatable bonds is 2. The Morgan fingerprint density at radius 2 is 2.21 bits per heavy atom. The zero-order valence-corrected chi connectivity index (χ0v) is 11.1. The first-order valence-corrected chi connectivity index (χ1v) is 6.26. The predicted molar refractivity (Wildman–Crippen MR) is 73.1 cm³/mol. The number of benzene rings is 1. The first-order chi connectivity index (χ1) is 9.13. The molecule has 0 radical (unpaired) electrons. The van der Waals surface area contributed by atoms with Gasteiger partial charge in [-0.25, -0.2) is 4.39 Å². The van der Waals surface area contributed by atoms with Crippen LogP contribution in [0.25, 0.3) is 11.0 Å². The fourth-order valence-corrected chi connectivity index (χ4v) is 2.23. The second-order valence-corrected chi connectivity index (χ2v) is 4.83. The Balaban J connectivity index is 2.04. The number of nitrogens with one attached hydrogen (secondary N) is 1. The zero-order valence-electron chi connectivity index (χ0n) is 10.2. The van der Waals surface area contributed by atoms with Crippen molar-refractivity contribution in [2.75, 3.05) is 0 Å². The highest BCUT2D eigenvalue weighted by Crippen LogP contribution is 2.24. The third-order valence-electron chi connectivity index (χ3n) is 3.02. The third-order valence-corrected chi connectivity index (χ3v) is 3.22. The van der Waals surface area contributed by atoms with Crippen molar-refractivity contribution in [3.05, 3.63) is 57.8 Å². The Bertz CT molecular complexity index is 807. The fourth-order valence-electron chi connectivity index (χ4n) is 2.04. The molecule has 3 aromatic rings. The lowest BCUT2D eigenvalue weighted by Crippen LogP contribution is -1.96. The van der Waals surface area contributed by atoms with Gasteiger partial charge in [0.1, 0.15) is 10.4 Å². The van der Waals surface area contributed by atoms with Gasteiger partial charge in [0.2, 0.25) is 0 Å². The highest BCUT2D eigenvalue weighted by Gasteiger charge is 2.10. The molecule has 19 heavy (non-hydrogen) atoms. The standard InChI is InChI=1S/C14H11FN2OS/c1-8-10(7-13(19)17-16-8)6-11-5-9-3-2-4-12(15)14(9)18-11/h2-5,7H,6H2,1H3,(H,17,19). The van der Waals surface area contributed by atoms with Crippen LogP contribution in [0.2, 0.25) is 0 Å². The molecule has 96 valence electrons. The van der Waals surface area contributed by atoms with E-state index in [0.717, 1.165) is 16.6 Å². The largest absolute Gasteiger partial charge is 0.458 e. The van der Waals surface area contributed by atoms with Gasteiger partial charge in [0.15, 0.2) is 11.4 Å². The molecular weight excluding hydrogens is 263 g/mol. The summed E-state index contributed by atoms with van der Waals surface area (Å²) in [6.45, 7) is 1.89. The minimum Gasteiger partial charge on any atom is -0.458 e. The predicted octanol–water partition coefficient (Wildman–Crippen LogP) is 3.92. The molecule has 3 nitrogen and oxygen atoms in total. The van der Waals surface area contributed by atoms with E-state index in [1.165, 1.54) is 6.07 Å². The number of furan rings is 1. The molecule has 0 unspecified atom stereocenters. The lowest BCUT2D eigenvalue weighted by Gasteiger charge is -2.01. The molecule has 0 fully saturated rings. The Morgan fingerprint density at radius 3 is 3.00 bits per heavy atom. The molecule has 2 aromatic heterocycles. The number of nitrogens with zero attached hydrogens (tertiary/aromatic N) is 1. The average Bonchev–Trinajstić information content (AvgIpc) is 2.78. The van der Waals surface area contributed by atoms with E-state index in [0.29, 0.717) is 22.4 Å². The fraction of sp³-hybridized carbons (Fsp3) is 0.143. The number of aryl methyl sites for hydroxylation is 1. The number of aromatic amines is 1. The molecule has 0 aliphatic rings. The van der Waals surface area contributed by atoms with Crippen LogP contribution in [0.1, 0.15) is 17.0 Å². The van der Waals surface area contributed by atoms with Gasteiger partial charge in [-0.2, -0.15) is 5.10 Å². The van der Waals surface area contributed by atoms with Crippen molar-refractivity contribution in [2.45, 2.75) is 13.3 Å². The molecule has 1 N–H and O–H groups in total. The van der Waals surface area contributed by atoms with Crippen LogP contribution in [-0.2, 0) is 6.42 Å². The van der Waals surface area contributed by atoms with Crippen molar-refractivity contribution in [1.29, 1.82) is 0 Å². The van der Waals surface area contributed by atoms with Gasteiger partial charge in [-0.3, -0.25) is 5.10 Å². The summed E-state index contributed by atoms with van der Waals surface area (Å²) in [5.74, 6) is 0.356. The minimum atomic E-state index is -0.344. The summed E-state index contributed by atoms with van der Waals surface area (Å²) in [5.41, 5.74) is 2.13. The van der Waals surface area contributed by atoms with E-state index in [1.807, 2.05) is 25.1 Å². The maximum absolute atomic E-state index is 13.6. The highest BCUT2D eigenvalue weighted by atomic mass is 32.1. The molecule has 0 amide bonds. The van der Waals surface area contributed by atoms with E-state index in [4.69, 9.17) is 16.6 Å². The van der Waals surface area contributed by atoms with Crippen molar-refractivity contribution in [3.63, 3.8) is 0 Å². The van der Waals surface area contributed by atoms with Crippen molar-refractivity contribution in [2.24, 2.45) is 0 Å². The topological polar surface area (TPSA) is 41.8 Å². The van der Waals surface area contributed by atoms with Crippen molar-refractivity contribution < 1.29 is 8.81 Å². The molecule has 0 spiro atoms. The van der Waals surface area contributed by atoms with Crippen molar-refractivity contribution in [3.8, 4) is 0 Å². The van der Waals surface area contributed by atoms with Crippen LogP contribution < -0.4 is 0 Å². The maximum Gasteiger partial charge on any atom is 0.169 e. The Hall–Kier alpha value is -2.01. The molecule has 3 rings (SSSR count). The summed E-state index contributed by atoms with van der Waals surface area (Å²) in [4.78, 5) is 0. The van der Waals surface area contributed by atoms with Gasteiger partial charge in [-0.05, 0) is 30.7 Å². The molecule has 0 atom stereocenters. The quantitative estimate of drug-likeness (QED) is 0.720. The highest BCUT2D eigenvalue weighted by molar-refractivity contribution is 7.71. The number of hydrogen-bond acceptors (Lipinski definition) is 3. The van der Waals surface area contributed by atoms with Gasteiger partial charge < -0.3 is 4.42 Å². The molecule has 2 heterocycles. The second kappa shape index (κ2) is 4.59. The molecular formula is C14H11FN2OS. The minimum absolute atomic E-state index is 0.296. The normalized spacial score (nSPS) is 11.1. The number of para-hydroxylation sites is 1. The monoisotopic (exact) mass is 274 g/mol. The van der Waals surface area contributed by atoms with Crippen LogP contribution in [0.4, 0.5) is 4.39 Å². The van der Waals surface area contributed by atoms with Gasteiger partial charge in [0.05, 0.1) is 5.69 Å². The molecule has 0 saturated carbocycles. The van der Waals surface area contributed by atoms with E-state index in [1.54, 1.807) is 6.07 Å². The SMILES string of the molecule is Cc1n[nH]c(=S)cc1Cc1cc2cccc(F)c2o1. The summed E-state index contributed by atoms with van der Waals surface area (Å²) in [6.07, 6.45) is 0.547. The van der Waals surface area contributed by atoms with Gasteiger partial charge in [-0.1, -0.05) is 24.4 Å². The van der Waals surface area contributed by atoms with Crippen LogP contribution in [0, 0.1) is 17.4 Å². The molecule has 0 aliphatic carbocycles. The molecule has 1 aromatic carbocycles. The van der Waals surface area contributed by atoms with Crippen LogP contribution in [0.15, 0.2) is 34.7 Å². The molecule has 5 heteroatoms. The summed E-state index contributed by atoms with van der Waals surface area (Å²) < 4.78 is 19.7. The smallest absolute Gasteiger partial charge is 0.169 e. The van der Waals surface area contributed by atoms with Gasteiger partial charge in [-0.15, -0.1) is 0 Å². The van der Waals surface area contributed by atoms with Crippen LogP contribution in [0.5, 0.6) is 0 Å². The second-order valence-electron chi connectivity index (χ2n) is 4.39. The summed E-state index contributed by atoms with van der Waals surface area (Å²) in [6, 6.07) is 8.58. The summed E-state index contributed by atoms with van der Waals surface area (Å²) >= 11 is 5.05. The van der Waals surface area contributed by atoms with E-state index >= 15 is 0 Å². The Kier molecular flexibility index (Phi) is 2.91. The molecule has 0 saturated heterocycles. The van der Waals surface area contributed by atoms with E-state index in [9.17, 15) is 4.39 Å². The summed E-state index contributed by atoms with van der Waals surface area (Å²) in [7, 11) is 0. The molecule has 0 aliphatic heterocycles. The first-order valence-electron chi connectivity index (χ1n) is 5.85. The number of halogens is 1. The van der Waals surface area contributed by atoms with E-state index in [-0.39, 0.29) is 5.82 Å². The number of H-pyrrole nitrogens is 1. The molecule has 0 bridgehead atoms. The van der Waals surface area contributed by atoms with E-state index in [2.05, 4.69) is 10.2 Å². The number of aromatic nitrogens is 2. The van der Waals surface area contributed by atoms with Crippen LogP contribution >= 0.6 is 12.2 Å². The van der Waals surface area contributed by atoms with Crippen molar-refractivity contribution >= 4 is 23.2 Å². The zero-order chi connectivity index (χ0) is 13.4. The third kappa shape index (κ3) is 2.29. The van der Waals surface area contributed by atoms with Gasteiger partial charge in [0, 0.05) is 11.8 Å². The average molecular weight is 274 g/mol. The number of hydrogen-bond donors (Lipinski definition) is 1. The number of fused-ring (bicyclic) bond motifs is 1. The summed E-state index contributed by atoms with van der Waals surface area (Å²) in [5, 5.41) is 7.60. The van der Waals surface area contributed by atoms with Gasteiger partial charge in [0.25, 0.3) is 0 Å². The lowest BCUT2D eigenvalue weighted by molar-refractivity contribution is 0.528. The first kappa shape index (κ1) is 12.0. The lowest BCUT2D eigenvalue weighted by atomic mass is 10.1. The van der Waals surface area contributed by atoms with Crippen molar-refractivity contribution in [1.82, 2.24) is 10.2 Å². The van der Waals surface area contributed by atoms with Crippen LogP contribution in [-0.4, -0.2) is 10.2 Å². The maximum atomic E-state index is 13.6. The Morgan fingerprint density at radius 1 is 1.37 bits per heavy atom. The van der Waals surface area contributed by atoms with Crippen LogP contribution in [0.3, 0.4) is 0 Å². The Labute approximate surface area is 114 Å². The van der Waals surface area contributed by atoms with E-state index < -0.39 is 0 Å². The van der Waals surface area contributed by atoms with Gasteiger partial charge >= 0.3 is 0 Å².